The minimum Gasteiger partial charge on any atom is -0.396 e. The fourth-order valence-corrected chi connectivity index (χ4v) is 2.05. The molecule has 84 valence electrons. The van der Waals surface area contributed by atoms with Gasteiger partial charge in [0.05, 0.1) is 17.6 Å². The van der Waals surface area contributed by atoms with Crippen LogP contribution in [0.1, 0.15) is 6.92 Å². The molecule has 0 unspecified atom stereocenters. The smallest absolute Gasteiger partial charge is 0.150 e. The molecule has 0 aliphatic carbocycles. The van der Waals surface area contributed by atoms with E-state index in [0.717, 1.165) is 12.2 Å². The summed E-state index contributed by atoms with van der Waals surface area (Å²) < 4.78 is 14.3. The number of hydrogen-bond acceptors (Lipinski definition) is 3. The van der Waals surface area contributed by atoms with Crippen molar-refractivity contribution in [3.8, 4) is 0 Å². The fourth-order valence-electron chi connectivity index (χ4n) is 1.62. The quantitative estimate of drug-likeness (QED) is 0.890. The summed E-state index contributed by atoms with van der Waals surface area (Å²) in [5.74, 6) is -0.358. The molecule has 0 bridgehead atoms. The van der Waals surface area contributed by atoms with Crippen LogP contribution < -0.4 is 11.1 Å². The minimum atomic E-state index is -0.358. The van der Waals surface area contributed by atoms with Crippen LogP contribution in [0, 0.1) is 5.82 Å². The lowest BCUT2D eigenvalue weighted by atomic mass is 10.1. The molecule has 16 heavy (non-hydrogen) atoms. The van der Waals surface area contributed by atoms with E-state index in [-0.39, 0.29) is 5.82 Å². The summed E-state index contributed by atoms with van der Waals surface area (Å²) in [4.78, 5) is 4.00. The molecule has 0 amide bonds. The van der Waals surface area contributed by atoms with E-state index in [1.165, 1.54) is 12.3 Å². The molecule has 1 heterocycles. The van der Waals surface area contributed by atoms with Crippen LogP contribution in [0.3, 0.4) is 0 Å². The van der Waals surface area contributed by atoms with Crippen LogP contribution in [-0.2, 0) is 0 Å². The lowest BCUT2D eigenvalue weighted by Crippen LogP contribution is -2.03. The second-order valence-corrected chi connectivity index (χ2v) is 4.32. The Balaban J connectivity index is 2.80. The van der Waals surface area contributed by atoms with Crippen molar-refractivity contribution in [3.63, 3.8) is 0 Å². The third-order valence-electron chi connectivity index (χ3n) is 2.27. The molecule has 3 N–H and O–H groups in total. The Labute approximate surface area is 101 Å². The Morgan fingerprint density at radius 2 is 2.25 bits per heavy atom. The number of nitrogens with one attached hydrogen (secondary N) is 1. The lowest BCUT2D eigenvalue weighted by Gasteiger charge is -2.11. The predicted octanol–water partition coefficient (Wildman–Crippen LogP) is 3.15. The molecule has 5 heteroatoms. The van der Waals surface area contributed by atoms with E-state index in [2.05, 4.69) is 26.2 Å². The Morgan fingerprint density at radius 1 is 1.50 bits per heavy atom. The van der Waals surface area contributed by atoms with Crippen molar-refractivity contribution in [1.82, 2.24) is 4.98 Å². The summed E-state index contributed by atoms with van der Waals surface area (Å²) >= 11 is 3.26. The second-order valence-electron chi connectivity index (χ2n) is 3.40. The van der Waals surface area contributed by atoms with E-state index >= 15 is 0 Å². The molecule has 0 aliphatic heterocycles. The van der Waals surface area contributed by atoms with Gasteiger partial charge in [0.25, 0.3) is 0 Å². The molecule has 0 spiro atoms. The van der Waals surface area contributed by atoms with Gasteiger partial charge in [0, 0.05) is 16.4 Å². The van der Waals surface area contributed by atoms with E-state index in [1.807, 2.05) is 6.92 Å². The van der Waals surface area contributed by atoms with Gasteiger partial charge in [-0.2, -0.15) is 0 Å². The molecule has 2 rings (SSSR count). The van der Waals surface area contributed by atoms with Crippen LogP contribution in [0.4, 0.5) is 15.8 Å². The standard InChI is InChI=1S/C11H11BrFN3/c1-2-15-11-7-3-6(12)4-8(13)10(7)16-5-9(11)14/h3-5H,2,14H2,1H3,(H,15,16). The third kappa shape index (κ3) is 1.82. The zero-order chi connectivity index (χ0) is 11.7. The number of rotatable bonds is 2. The van der Waals surface area contributed by atoms with Crippen molar-refractivity contribution in [3.05, 3.63) is 28.6 Å². The summed E-state index contributed by atoms with van der Waals surface area (Å²) in [7, 11) is 0. The maximum Gasteiger partial charge on any atom is 0.150 e. The molecule has 0 radical (unpaired) electrons. The molecule has 1 aromatic heterocycles. The number of fused-ring (bicyclic) bond motifs is 1. The van der Waals surface area contributed by atoms with Crippen molar-refractivity contribution >= 4 is 38.2 Å². The van der Waals surface area contributed by atoms with Crippen LogP contribution in [-0.4, -0.2) is 11.5 Å². The Morgan fingerprint density at radius 3 is 2.94 bits per heavy atom. The van der Waals surface area contributed by atoms with Crippen LogP contribution in [0.25, 0.3) is 10.9 Å². The van der Waals surface area contributed by atoms with Gasteiger partial charge in [0.15, 0.2) is 5.82 Å². The first kappa shape index (κ1) is 11.1. The molecular weight excluding hydrogens is 273 g/mol. The van der Waals surface area contributed by atoms with Gasteiger partial charge in [-0.15, -0.1) is 0 Å². The Kier molecular flexibility index (Phi) is 2.96. The van der Waals surface area contributed by atoms with Gasteiger partial charge in [0.2, 0.25) is 0 Å². The molecular formula is C11H11BrFN3. The van der Waals surface area contributed by atoms with Gasteiger partial charge < -0.3 is 11.1 Å². The van der Waals surface area contributed by atoms with Gasteiger partial charge in [0.1, 0.15) is 5.52 Å². The summed E-state index contributed by atoms with van der Waals surface area (Å²) in [6.07, 6.45) is 1.47. The van der Waals surface area contributed by atoms with Gasteiger partial charge >= 0.3 is 0 Å². The average Bonchev–Trinajstić information content (AvgIpc) is 2.22. The van der Waals surface area contributed by atoms with E-state index in [9.17, 15) is 4.39 Å². The van der Waals surface area contributed by atoms with E-state index < -0.39 is 0 Å². The molecule has 0 saturated carbocycles. The van der Waals surface area contributed by atoms with Gasteiger partial charge in [-0.25, -0.2) is 4.39 Å². The van der Waals surface area contributed by atoms with Crippen molar-refractivity contribution in [2.75, 3.05) is 17.6 Å². The van der Waals surface area contributed by atoms with Gasteiger partial charge in [-0.1, -0.05) is 15.9 Å². The van der Waals surface area contributed by atoms with Crippen LogP contribution >= 0.6 is 15.9 Å². The Hall–Kier alpha value is -1.36. The molecule has 0 fully saturated rings. The van der Waals surface area contributed by atoms with Crippen LogP contribution in [0.15, 0.2) is 22.8 Å². The average molecular weight is 284 g/mol. The van der Waals surface area contributed by atoms with Crippen molar-refractivity contribution in [2.45, 2.75) is 6.92 Å². The SMILES string of the molecule is CCNc1c(N)cnc2c(F)cc(Br)cc12. The highest BCUT2D eigenvalue weighted by atomic mass is 79.9. The minimum absolute atomic E-state index is 0.327. The first-order chi connectivity index (χ1) is 7.63. The zero-order valence-corrected chi connectivity index (χ0v) is 10.3. The lowest BCUT2D eigenvalue weighted by molar-refractivity contribution is 0.636. The first-order valence-electron chi connectivity index (χ1n) is 4.90. The number of pyridine rings is 1. The fraction of sp³-hybridized carbons (Fsp3) is 0.182. The van der Waals surface area contributed by atoms with Crippen molar-refractivity contribution in [2.24, 2.45) is 0 Å². The zero-order valence-electron chi connectivity index (χ0n) is 8.72. The van der Waals surface area contributed by atoms with Crippen molar-refractivity contribution < 1.29 is 4.39 Å². The highest BCUT2D eigenvalue weighted by Gasteiger charge is 2.10. The molecule has 1 aromatic carbocycles. The predicted molar refractivity (Wildman–Crippen MR) is 68.0 cm³/mol. The maximum absolute atomic E-state index is 13.6. The van der Waals surface area contributed by atoms with Gasteiger partial charge in [-0.05, 0) is 19.1 Å². The highest BCUT2D eigenvalue weighted by Crippen LogP contribution is 2.31. The highest BCUT2D eigenvalue weighted by molar-refractivity contribution is 9.10. The normalized spacial score (nSPS) is 10.7. The number of hydrogen-bond donors (Lipinski definition) is 2. The van der Waals surface area contributed by atoms with E-state index in [0.29, 0.717) is 21.1 Å². The number of benzene rings is 1. The largest absolute Gasteiger partial charge is 0.396 e. The number of nitrogen functional groups attached to an aromatic ring is 1. The van der Waals surface area contributed by atoms with Crippen molar-refractivity contribution in [1.29, 1.82) is 0 Å². The summed E-state index contributed by atoms with van der Waals surface area (Å²) in [6, 6.07) is 3.20. The number of nitrogens with two attached hydrogens (primary N) is 1. The Bertz CT molecular complexity index is 542. The van der Waals surface area contributed by atoms with Gasteiger partial charge in [-0.3, -0.25) is 4.98 Å². The second kappa shape index (κ2) is 4.25. The van der Waals surface area contributed by atoms with E-state index in [4.69, 9.17) is 5.73 Å². The molecule has 0 saturated heterocycles. The topological polar surface area (TPSA) is 50.9 Å². The summed E-state index contributed by atoms with van der Waals surface area (Å²) in [5, 5.41) is 3.81. The van der Waals surface area contributed by atoms with Crippen LogP contribution in [0.5, 0.6) is 0 Å². The number of aromatic nitrogens is 1. The monoisotopic (exact) mass is 283 g/mol. The number of nitrogens with zero attached hydrogens (tertiary/aromatic N) is 1. The summed E-state index contributed by atoms with van der Waals surface area (Å²) in [6.45, 7) is 2.68. The molecule has 0 aliphatic rings. The molecule has 3 nitrogen and oxygen atoms in total. The summed E-state index contributed by atoms with van der Waals surface area (Å²) in [5.41, 5.74) is 7.39. The first-order valence-corrected chi connectivity index (χ1v) is 5.70. The molecule has 2 aromatic rings. The number of halogens is 2. The van der Waals surface area contributed by atoms with Crippen LogP contribution in [0.2, 0.25) is 0 Å². The molecule has 0 atom stereocenters. The maximum atomic E-state index is 13.6. The number of anilines is 2. The van der Waals surface area contributed by atoms with E-state index in [1.54, 1.807) is 6.07 Å². The third-order valence-corrected chi connectivity index (χ3v) is 2.73.